The van der Waals surface area contributed by atoms with Crippen LogP contribution in [0.25, 0.3) is 17.1 Å². The Balaban J connectivity index is 1.77. The SMILES string of the molecule is COc1ccc(-c2nccc(N3CC[C@H](O)C3)n2)c(-n2cccn2)c1. The van der Waals surface area contributed by atoms with Gasteiger partial charge in [-0.15, -0.1) is 0 Å². The Kier molecular flexibility index (Phi) is 4.07. The molecule has 0 spiro atoms. The Morgan fingerprint density at radius 2 is 2.16 bits per heavy atom. The molecular formula is C18H19N5O2. The van der Waals surface area contributed by atoms with E-state index in [1.165, 1.54) is 0 Å². The summed E-state index contributed by atoms with van der Waals surface area (Å²) in [5.41, 5.74) is 1.72. The summed E-state index contributed by atoms with van der Waals surface area (Å²) in [6, 6.07) is 9.48. The minimum atomic E-state index is -0.293. The average molecular weight is 337 g/mol. The summed E-state index contributed by atoms with van der Waals surface area (Å²) in [6.07, 6.45) is 5.82. The average Bonchev–Trinajstić information content (AvgIpc) is 3.33. The lowest BCUT2D eigenvalue weighted by Crippen LogP contribution is -2.22. The fourth-order valence-electron chi connectivity index (χ4n) is 3.03. The quantitative estimate of drug-likeness (QED) is 0.784. The zero-order chi connectivity index (χ0) is 17.2. The maximum atomic E-state index is 9.76. The first-order chi connectivity index (χ1) is 12.2. The van der Waals surface area contributed by atoms with Gasteiger partial charge in [0, 0.05) is 43.3 Å². The van der Waals surface area contributed by atoms with Gasteiger partial charge in [0.15, 0.2) is 5.82 Å². The van der Waals surface area contributed by atoms with Gasteiger partial charge in [0.05, 0.1) is 18.9 Å². The molecule has 0 saturated carbocycles. The van der Waals surface area contributed by atoms with Crippen LogP contribution in [0.1, 0.15) is 6.42 Å². The highest BCUT2D eigenvalue weighted by Crippen LogP contribution is 2.29. The first kappa shape index (κ1) is 15.6. The summed E-state index contributed by atoms with van der Waals surface area (Å²) in [7, 11) is 1.64. The van der Waals surface area contributed by atoms with E-state index in [0.717, 1.165) is 35.8 Å². The number of aromatic nitrogens is 4. The van der Waals surface area contributed by atoms with Crippen LogP contribution < -0.4 is 9.64 Å². The third-order valence-electron chi connectivity index (χ3n) is 4.33. The van der Waals surface area contributed by atoms with Crippen LogP contribution in [0.15, 0.2) is 48.9 Å². The van der Waals surface area contributed by atoms with Crippen LogP contribution >= 0.6 is 0 Å². The number of nitrogens with zero attached hydrogens (tertiary/aromatic N) is 5. The van der Waals surface area contributed by atoms with Crippen LogP contribution in [-0.2, 0) is 0 Å². The van der Waals surface area contributed by atoms with Gasteiger partial charge in [-0.3, -0.25) is 0 Å². The van der Waals surface area contributed by atoms with E-state index < -0.39 is 0 Å². The molecule has 1 atom stereocenters. The van der Waals surface area contributed by atoms with Gasteiger partial charge < -0.3 is 14.7 Å². The Labute approximate surface area is 145 Å². The van der Waals surface area contributed by atoms with Crippen LogP contribution in [0.4, 0.5) is 5.82 Å². The van der Waals surface area contributed by atoms with Crippen molar-refractivity contribution in [2.45, 2.75) is 12.5 Å². The van der Waals surface area contributed by atoms with Gasteiger partial charge in [0.2, 0.25) is 0 Å². The molecule has 3 aromatic rings. The molecule has 2 aromatic heterocycles. The normalized spacial score (nSPS) is 17.0. The Morgan fingerprint density at radius 1 is 1.24 bits per heavy atom. The van der Waals surface area contributed by atoms with Crippen molar-refractivity contribution in [2.24, 2.45) is 0 Å². The van der Waals surface area contributed by atoms with Crippen LogP contribution in [0.2, 0.25) is 0 Å². The highest BCUT2D eigenvalue weighted by Gasteiger charge is 2.22. The largest absolute Gasteiger partial charge is 0.497 e. The topological polar surface area (TPSA) is 76.3 Å². The Bertz CT molecular complexity index is 866. The van der Waals surface area contributed by atoms with Gasteiger partial charge in [-0.05, 0) is 30.7 Å². The van der Waals surface area contributed by atoms with Gasteiger partial charge >= 0.3 is 0 Å². The van der Waals surface area contributed by atoms with Crippen molar-refractivity contribution in [1.82, 2.24) is 19.7 Å². The molecule has 1 aliphatic heterocycles. The second-order valence-electron chi connectivity index (χ2n) is 5.96. The van der Waals surface area contributed by atoms with Crippen molar-refractivity contribution in [2.75, 3.05) is 25.1 Å². The van der Waals surface area contributed by atoms with Crippen molar-refractivity contribution >= 4 is 5.82 Å². The number of aliphatic hydroxyl groups excluding tert-OH is 1. The Hall–Kier alpha value is -2.93. The number of rotatable bonds is 4. The molecule has 4 rings (SSSR count). The van der Waals surface area contributed by atoms with Crippen molar-refractivity contribution in [3.8, 4) is 22.8 Å². The predicted molar refractivity (Wildman–Crippen MR) is 94.0 cm³/mol. The Morgan fingerprint density at radius 3 is 2.88 bits per heavy atom. The second-order valence-corrected chi connectivity index (χ2v) is 5.96. The molecule has 7 nitrogen and oxygen atoms in total. The summed E-state index contributed by atoms with van der Waals surface area (Å²) in [6.45, 7) is 1.40. The molecule has 3 heterocycles. The molecule has 1 saturated heterocycles. The van der Waals surface area contributed by atoms with Crippen molar-refractivity contribution in [1.29, 1.82) is 0 Å². The van der Waals surface area contributed by atoms with Gasteiger partial charge in [-0.25, -0.2) is 14.6 Å². The second kappa shape index (κ2) is 6.52. The van der Waals surface area contributed by atoms with E-state index in [1.807, 2.05) is 36.5 Å². The smallest absolute Gasteiger partial charge is 0.163 e. The number of aliphatic hydroxyl groups is 1. The summed E-state index contributed by atoms with van der Waals surface area (Å²) >= 11 is 0. The molecule has 1 fully saturated rings. The lowest BCUT2D eigenvalue weighted by Gasteiger charge is -2.17. The van der Waals surface area contributed by atoms with Crippen LogP contribution in [0.3, 0.4) is 0 Å². The van der Waals surface area contributed by atoms with E-state index in [2.05, 4.69) is 15.0 Å². The molecule has 128 valence electrons. The highest BCUT2D eigenvalue weighted by molar-refractivity contribution is 5.69. The molecule has 1 aromatic carbocycles. The molecule has 0 bridgehead atoms. The van der Waals surface area contributed by atoms with Crippen LogP contribution in [-0.4, -0.2) is 51.2 Å². The summed E-state index contributed by atoms with van der Waals surface area (Å²) in [5.74, 6) is 2.18. The van der Waals surface area contributed by atoms with Gasteiger partial charge in [0.25, 0.3) is 0 Å². The van der Waals surface area contributed by atoms with E-state index in [1.54, 1.807) is 24.2 Å². The molecule has 25 heavy (non-hydrogen) atoms. The minimum Gasteiger partial charge on any atom is -0.497 e. The molecule has 0 radical (unpaired) electrons. The van der Waals surface area contributed by atoms with E-state index in [9.17, 15) is 5.11 Å². The lowest BCUT2D eigenvalue weighted by molar-refractivity contribution is 0.198. The zero-order valence-electron chi connectivity index (χ0n) is 13.9. The van der Waals surface area contributed by atoms with Crippen molar-refractivity contribution in [3.63, 3.8) is 0 Å². The van der Waals surface area contributed by atoms with Crippen molar-refractivity contribution in [3.05, 3.63) is 48.9 Å². The molecule has 1 N–H and O–H groups in total. The van der Waals surface area contributed by atoms with Gasteiger partial charge in [-0.2, -0.15) is 5.10 Å². The fraction of sp³-hybridized carbons (Fsp3) is 0.278. The van der Waals surface area contributed by atoms with Crippen LogP contribution in [0.5, 0.6) is 5.75 Å². The molecular weight excluding hydrogens is 318 g/mol. The van der Waals surface area contributed by atoms with Crippen molar-refractivity contribution < 1.29 is 9.84 Å². The summed E-state index contributed by atoms with van der Waals surface area (Å²) < 4.78 is 7.11. The summed E-state index contributed by atoms with van der Waals surface area (Å²) in [5, 5.41) is 14.1. The first-order valence-corrected chi connectivity index (χ1v) is 8.19. The molecule has 7 heteroatoms. The van der Waals surface area contributed by atoms with Gasteiger partial charge in [0.1, 0.15) is 11.6 Å². The first-order valence-electron chi connectivity index (χ1n) is 8.19. The van der Waals surface area contributed by atoms with Crippen LogP contribution in [0, 0.1) is 0 Å². The molecule has 0 aliphatic carbocycles. The minimum absolute atomic E-state index is 0.293. The monoisotopic (exact) mass is 337 g/mol. The zero-order valence-corrected chi connectivity index (χ0v) is 13.9. The lowest BCUT2D eigenvalue weighted by atomic mass is 10.1. The van der Waals surface area contributed by atoms with E-state index in [-0.39, 0.29) is 6.10 Å². The number of ether oxygens (including phenoxy) is 1. The number of anilines is 1. The highest BCUT2D eigenvalue weighted by atomic mass is 16.5. The maximum Gasteiger partial charge on any atom is 0.163 e. The molecule has 1 aliphatic rings. The number of hydrogen-bond acceptors (Lipinski definition) is 6. The third kappa shape index (κ3) is 3.06. The molecule has 0 unspecified atom stereocenters. The predicted octanol–water partition coefficient (Wildman–Crippen LogP) is 1.91. The third-order valence-corrected chi connectivity index (χ3v) is 4.33. The standard InChI is InChI=1S/C18H19N5O2/c1-25-14-3-4-15(16(11-14)23-9-2-7-20-23)18-19-8-5-17(21-18)22-10-6-13(24)12-22/h2-5,7-9,11,13,24H,6,10,12H2,1H3/t13-/m0/s1. The van der Waals surface area contributed by atoms with E-state index in [4.69, 9.17) is 9.72 Å². The van der Waals surface area contributed by atoms with E-state index in [0.29, 0.717) is 12.4 Å². The number of β-amino-alcohol motifs (C(OH)–C–C–N with tert-alkyl or cyclic N) is 1. The number of benzene rings is 1. The van der Waals surface area contributed by atoms with Gasteiger partial charge in [-0.1, -0.05) is 0 Å². The summed E-state index contributed by atoms with van der Waals surface area (Å²) in [4.78, 5) is 11.2. The number of methoxy groups -OCH3 is 1. The number of hydrogen-bond donors (Lipinski definition) is 1. The van der Waals surface area contributed by atoms with E-state index >= 15 is 0 Å². The fourth-order valence-corrected chi connectivity index (χ4v) is 3.03. The molecule has 0 amide bonds. The maximum absolute atomic E-state index is 9.76.